The molecule has 1 aliphatic rings. The molecule has 0 N–H and O–H groups in total. The summed E-state index contributed by atoms with van der Waals surface area (Å²) in [5, 5.41) is 2.82. The zero-order valence-electron chi connectivity index (χ0n) is 10.5. The first kappa shape index (κ1) is 9.95. The summed E-state index contributed by atoms with van der Waals surface area (Å²) in [6.07, 6.45) is 5.63. The summed E-state index contributed by atoms with van der Waals surface area (Å²) in [5.41, 5.74) is 5.60. The predicted octanol–water partition coefficient (Wildman–Crippen LogP) is 4.38. The first-order valence-corrected chi connectivity index (χ1v) is 6.59. The average molecular weight is 233 g/mol. The zero-order valence-corrected chi connectivity index (χ0v) is 10.5. The number of fused-ring (bicyclic) bond motifs is 5. The summed E-state index contributed by atoms with van der Waals surface area (Å²) < 4.78 is 2.41. The SMILES string of the molecule is CCn1c2ccccc2c2c3c(ccc21)CC=C3. The number of aromatic nitrogens is 1. The molecule has 0 spiro atoms. The van der Waals surface area contributed by atoms with Crippen LogP contribution >= 0.6 is 0 Å². The number of benzene rings is 2. The topological polar surface area (TPSA) is 4.93 Å². The van der Waals surface area contributed by atoms with Crippen LogP contribution in [-0.2, 0) is 13.0 Å². The van der Waals surface area contributed by atoms with Crippen molar-refractivity contribution < 1.29 is 0 Å². The summed E-state index contributed by atoms with van der Waals surface area (Å²) in [6, 6.07) is 13.3. The molecule has 0 unspecified atom stereocenters. The number of rotatable bonds is 1. The Balaban J connectivity index is 2.31. The van der Waals surface area contributed by atoms with Gasteiger partial charge in [0.15, 0.2) is 0 Å². The van der Waals surface area contributed by atoms with Gasteiger partial charge in [-0.2, -0.15) is 0 Å². The van der Waals surface area contributed by atoms with Gasteiger partial charge >= 0.3 is 0 Å². The summed E-state index contributed by atoms with van der Waals surface area (Å²) in [6.45, 7) is 3.24. The van der Waals surface area contributed by atoms with Crippen molar-refractivity contribution in [2.45, 2.75) is 19.9 Å². The van der Waals surface area contributed by atoms with E-state index in [1.807, 2.05) is 0 Å². The molecule has 2 aromatic carbocycles. The fourth-order valence-corrected chi connectivity index (χ4v) is 3.22. The summed E-state index contributed by atoms with van der Waals surface area (Å²) in [4.78, 5) is 0. The van der Waals surface area contributed by atoms with Crippen LogP contribution in [0.3, 0.4) is 0 Å². The van der Waals surface area contributed by atoms with E-state index in [4.69, 9.17) is 0 Å². The molecule has 0 atom stereocenters. The molecular formula is C17H15N. The third-order valence-electron chi connectivity index (χ3n) is 4.01. The Hall–Kier alpha value is -2.02. The Morgan fingerprint density at radius 3 is 2.83 bits per heavy atom. The van der Waals surface area contributed by atoms with Gasteiger partial charge in [0.2, 0.25) is 0 Å². The molecule has 1 aromatic heterocycles. The van der Waals surface area contributed by atoms with Crippen LogP contribution in [0.2, 0.25) is 0 Å². The summed E-state index contributed by atoms with van der Waals surface area (Å²) >= 11 is 0. The fourth-order valence-electron chi connectivity index (χ4n) is 3.22. The molecule has 1 nitrogen and oxygen atoms in total. The summed E-state index contributed by atoms with van der Waals surface area (Å²) in [7, 11) is 0. The molecule has 0 saturated carbocycles. The van der Waals surface area contributed by atoms with E-state index in [1.165, 1.54) is 32.9 Å². The normalized spacial score (nSPS) is 13.6. The number of hydrogen-bond acceptors (Lipinski definition) is 0. The van der Waals surface area contributed by atoms with Crippen LogP contribution < -0.4 is 0 Å². The number of hydrogen-bond donors (Lipinski definition) is 0. The van der Waals surface area contributed by atoms with E-state index in [-0.39, 0.29) is 0 Å². The summed E-state index contributed by atoms with van der Waals surface area (Å²) in [5.74, 6) is 0. The highest BCUT2D eigenvalue weighted by Gasteiger charge is 2.15. The van der Waals surface area contributed by atoms with Gasteiger partial charge in [-0.25, -0.2) is 0 Å². The van der Waals surface area contributed by atoms with E-state index in [9.17, 15) is 0 Å². The maximum atomic E-state index is 2.41. The van der Waals surface area contributed by atoms with Crippen molar-refractivity contribution in [1.82, 2.24) is 4.57 Å². The van der Waals surface area contributed by atoms with Crippen molar-refractivity contribution in [3.05, 3.63) is 53.6 Å². The lowest BCUT2D eigenvalue weighted by Gasteiger charge is -2.04. The quantitative estimate of drug-likeness (QED) is 0.587. The number of allylic oxidation sites excluding steroid dienone is 1. The second-order valence-corrected chi connectivity index (χ2v) is 4.90. The Morgan fingerprint density at radius 1 is 1.06 bits per heavy atom. The molecule has 0 saturated heterocycles. The first-order chi connectivity index (χ1) is 8.90. The predicted molar refractivity (Wildman–Crippen MR) is 77.9 cm³/mol. The number of para-hydroxylation sites is 1. The molecular weight excluding hydrogens is 218 g/mol. The van der Waals surface area contributed by atoms with Gasteiger partial charge in [0.05, 0.1) is 0 Å². The minimum absolute atomic E-state index is 1.02. The molecule has 3 aromatic rings. The van der Waals surface area contributed by atoms with Crippen LogP contribution in [0.1, 0.15) is 18.1 Å². The molecule has 18 heavy (non-hydrogen) atoms. The molecule has 0 aliphatic heterocycles. The van der Waals surface area contributed by atoms with E-state index in [0.717, 1.165) is 13.0 Å². The van der Waals surface area contributed by atoms with Crippen molar-refractivity contribution in [3.8, 4) is 0 Å². The lowest BCUT2D eigenvalue weighted by Crippen LogP contribution is -1.93. The maximum absolute atomic E-state index is 2.41. The third-order valence-corrected chi connectivity index (χ3v) is 4.01. The van der Waals surface area contributed by atoms with E-state index in [0.29, 0.717) is 0 Å². The lowest BCUT2D eigenvalue weighted by molar-refractivity contribution is 0.827. The maximum Gasteiger partial charge on any atom is 0.0497 e. The molecule has 0 radical (unpaired) electrons. The first-order valence-electron chi connectivity index (χ1n) is 6.59. The van der Waals surface area contributed by atoms with Crippen LogP contribution in [0, 0.1) is 0 Å². The minimum atomic E-state index is 1.02. The van der Waals surface area contributed by atoms with Gasteiger partial charge in [-0.15, -0.1) is 0 Å². The molecule has 0 fully saturated rings. The molecule has 88 valence electrons. The van der Waals surface area contributed by atoms with Crippen molar-refractivity contribution in [1.29, 1.82) is 0 Å². The van der Waals surface area contributed by atoms with Gasteiger partial charge in [-0.05, 0) is 36.6 Å². The Kier molecular flexibility index (Phi) is 1.93. The second kappa shape index (κ2) is 3.49. The largest absolute Gasteiger partial charge is 0.341 e. The van der Waals surface area contributed by atoms with Crippen LogP contribution in [0.4, 0.5) is 0 Å². The van der Waals surface area contributed by atoms with E-state index < -0.39 is 0 Å². The molecule has 1 heterocycles. The van der Waals surface area contributed by atoms with Gasteiger partial charge < -0.3 is 4.57 Å². The van der Waals surface area contributed by atoms with Crippen LogP contribution in [0.15, 0.2) is 42.5 Å². The fraction of sp³-hybridized carbons (Fsp3) is 0.176. The minimum Gasteiger partial charge on any atom is -0.341 e. The van der Waals surface area contributed by atoms with Crippen molar-refractivity contribution in [2.75, 3.05) is 0 Å². The number of nitrogens with zero attached hydrogens (tertiary/aromatic N) is 1. The van der Waals surface area contributed by atoms with Gasteiger partial charge in [-0.3, -0.25) is 0 Å². The second-order valence-electron chi connectivity index (χ2n) is 4.90. The van der Waals surface area contributed by atoms with Crippen molar-refractivity contribution >= 4 is 27.9 Å². The standard InChI is InChI=1S/C17H15N/c1-2-18-15-9-4-3-7-14(15)17-13-8-5-6-12(13)10-11-16(17)18/h3-5,7-11H,2,6H2,1H3. The molecule has 0 amide bonds. The van der Waals surface area contributed by atoms with Crippen molar-refractivity contribution in [3.63, 3.8) is 0 Å². The Bertz CT molecular complexity index is 790. The van der Waals surface area contributed by atoms with Crippen LogP contribution in [0.25, 0.3) is 27.9 Å². The third kappa shape index (κ3) is 1.11. The van der Waals surface area contributed by atoms with Gasteiger partial charge in [-0.1, -0.05) is 36.4 Å². The smallest absolute Gasteiger partial charge is 0.0497 e. The van der Waals surface area contributed by atoms with E-state index >= 15 is 0 Å². The monoisotopic (exact) mass is 233 g/mol. The van der Waals surface area contributed by atoms with Crippen LogP contribution in [0.5, 0.6) is 0 Å². The van der Waals surface area contributed by atoms with Gasteiger partial charge in [0, 0.05) is 28.4 Å². The highest BCUT2D eigenvalue weighted by Crippen LogP contribution is 2.36. The zero-order chi connectivity index (χ0) is 12.1. The highest BCUT2D eigenvalue weighted by molar-refractivity contribution is 6.12. The molecule has 1 aliphatic carbocycles. The Morgan fingerprint density at radius 2 is 1.94 bits per heavy atom. The van der Waals surface area contributed by atoms with Gasteiger partial charge in [0.25, 0.3) is 0 Å². The highest BCUT2D eigenvalue weighted by atomic mass is 15.0. The van der Waals surface area contributed by atoms with Gasteiger partial charge in [0.1, 0.15) is 0 Å². The molecule has 4 rings (SSSR count). The average Bonchev–Trinajstić information content (AvgIpc) is 2.99. The Labute approximate surface area is 106 Å². The molecule has 1 heteroatoms. The van der Waals surface area contributed by atoms with Crippen molar-refractivity contribution in [2.24, 2.45) is 0 Å². The number of aryl methyl sites for hydroxylation is 1. The lowest BCUT2D eigenvalue weighted by atomic mass is 10.0. The van der Waals surface area contributed by atoms with Crippen LogP contribution in [-0.4, -0.2) is 4.57 Å². The van der Waals surface area contributed by atoms with E-state index in [2.05, 4.69) is 60.0 Å². The van der Waals surface area contributed by atoms with E-state index in [1.54, 1.807) is 0 Å². The molecule has 0 bridgehead atoms.